The van der Waals surface area contributed by atoms with Crippen molar-refractivity contribution in [1.82, 2.24) is 14.0 Å². The van der Waals surface area contributed by atoms with Crippen molar-refractivity contribution < 1.29 is 14.5 Å². The molecular weight excluding hydrogens is 663 g/mol. The first-order valence-electron chi connectivity index (χ1n) is 16.8. The Labute approximate surface area is 298 Å². The number of methoxy groups -OCH3 is 1. The van der Waals surface area contributed by atoms with E-state index in [4.69, 9.17) is 9.73 Å². The summed E-state index contributed by atoms with van der Waals surface area (Å²) in [6, 6.07) is 25.6. The van der Waals surface area contributed by atoms with Gasteiger partial charge in [-0.05, 0) is 62.2 Å². The molecule has 0 fully saturated rings. The quantitative estimate of drug-likeness (QED) is 0.127. The molecule has 3 heterocycles. The van der Waals surface area contributed by atoms with Crippen LogP contribution in [-0.4, -0.2) is 45.1 Å². The zero-order valence-electron chi connectivity index (χ0n) is 29.0. The summed E-state index contributed by atoms with van der Waals surface area (Å²) < 4.78 is 10.3. The highest BCUT2D eigenvalue weighted by atomic mass is 32.1. The standard InChI is InChI=1S/C40H37N5O5S/c1-6-42(7-2)39(47)35-24(3)41-40-44(37(35)36-29-13-9-8-12-27(29)18-21-33(36)50-5)38(46)34(51-40)22-31-25(4)43(32-15-11-10-14-30(31)32)23-26-16-19-28(20-17-26)45(48)49/h8-22,37H,6-7,23H2,1-5H3/b34-22+/t37-/m1/s1. The number of likely N-dealkylation sites (N-methyl/N-ethyl adjacent to an activating group) is 1. The van der Waals surface area contributed by atoms with Crippen LogP contribution in [0.25, 0.3) is 27.8 Å². The summed E-state index contributed by atoms with van der Waals surface area (Å²) in [6.45, 7) is 9.27. The second-order valence-electron chi connectivity index (χ2n) is 12.5. The molecule has 1 aliphatic heterocycles. The molecule has 0 radical (unpaired) electrons. The van der Waals surface area contributed by atoms with Gasteiger partial charge in [-0.1, -0.05) is 72.0 Å². The molecule has 1 amide bonds. The third kappa shape index (κ3) is 5.73. The summed E-state index contributed by atoms with van der Waals surface area (Å²) >= 11 is 1.30. The maximum atomic E-state index is 14.8. The summed E-state index contributed by atoms with van der Waals surface area (Å²) in [5.41, 5.74) is 5.29. The number of non-ortho nitro benzene ring substituents is 1. The second-order valence-corrected chi connectivity index (χ2v) is 13.5. The number of nitro benzene ring substituents is 1. The molecule has 11 heteroatoms. The smallest absolute Gasteiger partial charge is 0.271 e. The van der Waals surface area contributed by atoms with E-state index in [0.717, 1.165) is 44.1 Å². The molecule has 258 valence electrons. The number of carbonyl (C=O) groups is 1. The summed E-state index contributed by atoms with van der Waals surface area (Å²) in [6.07, 6.45) is 1.93. The minimum Gasteiger partial charge on any atom is -0.496 e. The van der Waals surface area contributed by atoms with E-state index >= 15 is 0 Å². The lowest BCUT2D eigenvalue weighted by atomic mass is 9.90. The molecule has 6 aromatic rings. The average molecular weight is 700 g/mol. The van der Waals surface area contributed by atoms with E-state index in [1.165, 1.54) is 23.5 Å². The molecule has 1 atom stereocenters. The number of amides is 1. The molecule has 2 aromatic heterocycles. The largest absolute Gasteiger partial charge is 0.496 e. The van der Waals surface area contributed by atoms with Crippen LogP contribution >= 0.6 is 11.3 Å². The number of nitrogens with zero attached hydrogens (tertiary/aromatic N) is 5. The van der Waals surface area contributed by atoms with E-state index in [-0.39, 0.29) is 17.2 Å². The Kier molecular flexibility index (Phi) is 8.90. The van der Waals surface area contributed by atoms with Crippen molar-refractivity contribution in [2.75, 3.05) is 20.2 Å². The van der Waals surface area contributed by atoms with Gasteiger partial charge in [0.1, 0.15) is 11.8 Å². The molecule has 0 saturated heterocycles. The van der Waals surface area contributed by atoms with Gasteiger partial charge >= 0.3 is 0 Å². The Morgan fingerprint density at radius 1 is 0.980 bits per heavy atom. The van der Waals surface area contributed by atoms with Crippen molar-refractivity contribution in [2.45, 2.75) is 40.3 Å². The fourth-order valence-corrected chi connectivity index (χ4v) is 8.19. The first kappa shape index (κ1) is 33.7. The molecule has 0 saturated carbocycles. The van der Waals surface area contributed by atoms with Gasteiger partial charge in [-0.25, -0.2) is 4.99 Å². The summed E-state index contributed by atoms with van der Waals surface area (Å²) in [7, 11) is 1.61. The summed E-state index contributed by atoms with van der Waals surface area (Å²) in [4.78, 5) is 47.1. The number of thiazole rings is 1. The SMILES string of the molecule is CCN(CC)C(=O)C1=C(C)N=c2s/c(=C/c3c(C)n(Cc4ccc([N+](=O)[O-])cc4)c4ccccc34)c(=O)n2[C@H]1c1c(OC)ccc2ccccc12. The number of hydrogen-bond donors (Lipinski definition) is 0. The third-order valence-corrected chi connectivity index (χ3v) is 10.8. The Morgan fingerprint density at radius 3 is 2.35 bits per heavy atom. The Hall–Kier alpha value is -5.81. The maximum absolute atomic E-state index is 14.8. The van der Waals surface area contributed by atoms with Crippen LogP contribution < -0.4 is 19.6 Å². The van der Waals surface area contributed by atoms with Crippen LogP contribution in [0.5, 0.6) is 5.75 Å². The van der Waals surface area contributed by atoms with Crippen molar-refractivity contribution in [3.05, 3.63) is 148 Å². The lowest BCUT2D eigenvalue weighted by Gasteiger charge is -2.30. The molecule has 51 heavy (non-hydrogen) atoms. The molecule has 0 N–H and O–H groups in total. The zero-order chi connectivity index (χ0) is 36.0. The van der Waals surface area contributed by atoms with Crippen LogP contribution in [0, 0.1) is 17.0 Å². The number of aromatic nitrogens is 2. The van der Waals surface area contributed by atoms with Crippen molar-refractivity contribution in [3.8, 4) is 5.75 Å². The van der Waals surface area contributed by atoms with Gasteiger partial charge in [-0.15, -0.1) is 0 Å². The fraction of sp³-hybridized carbons (Fsp3) is 0.225. The van der Waals surface area contributed by atoms with Gasteiger partial charge in [0.25, 0.3) is 17.2 Å². The van der Waals surface area contributed by atoms with Crippen molar-refractivity contribution in [2.24, 2.45) is 4.99 Å². The van der Waals surface area contributed by atoms with Gasteiger partial charge in [0, 0.05) is 59.5 Å². The van der Waals surface area contributed by atoms with Gasteiger partial charge in [0.15, 0.2) is 4.80 Å². The highest BCUT2D eigenvalue weighted by Crippen LogP contribution is 2.40. The molecule has 0 unspecified atom stereocenters. The van der Waals surface area contributed by atoms with E-state index in [2.05, 4.69) is 4.57 Å². The lowest BCUT2D eigenvalue weighted by Crippen LogP contribution is -2.43. The van der Waals surface area contributed by atoms with Crippen LogP contribution in [0.15, 0.2) is 106 Å². The van der Waals surface area contributed by atoms with E-state index < -0.39 is 11.0 Å². The minimum absolute atomic E-state index is 0.0421. The van der Waals surface area contributed by atoms with Gasteiger partial charge < -0.3 is 14.2 Å². The minimum atomic E-state index is -0.776. The number of carbonyl (C=O) groups excluding carboxylic acids is 1. The lowest BCUT2D eigenvalue weighted by molar-refractivity contribution is -0.384. The molecule has 7 rings (SSSR count). The van der Waals surface area contributed by atoms with Crippen LogP contribution in [0.1, 0.15) is 49.2 Å². The number of benzene rings is 4. The number of allylic oxidation sites excluding steroid dienone is 1. The van der Waals surface area contributed by atoms with Crippen molar-refractivity contribution in [3.63, 3.8) is 0 Å². The van der Waals surface area contributed by atoms with Gasteiger partial charge in [0.05, 0.1) is 27.8 Å². The fourth-order valence-electron chi connectivity index (χ4n) is 7.17. The summed E-state index contributed by atoms with van der Waals surface area (Å²) in [5.74, 6) is 0.415. The highest BCUT2D eigenvalue weighted by Gasteiger charge is 2.36. The molecule has 4 aromatic carbocycles. The normalized spacial score (nSPS) is 14.5. The van der Waals surface area contributed by atoms with Crippen LogP contribution in [0.3, 0.4) is 0 Å². The molecule has 0 spiro atoms. The Morgan fingerprint density at radius 2 is 1.67 bits per heavy atom. The number of fused-ring (bicyclic) bond motifs is 3. The average Bonchev–Trinajstić information content (AvgIpc) is 3.59. The van der Waals surface area contributed by atoms with E-state index in [1.807, 2.05) is 94.4 Å². The van der Waals surface area contributed by atoms with E-state index in [0.29, 0.717) is 46.0 Å². The van der Waals surface area contributed by atoms with E-state index in [9.17, 15) is 19.7 Å². The van der Waals surface area contributed by atoms with Crippen LogP contribution in [0.2, 0.25) is 0 Å². The topological polar surface area (TPSA) is 112 Å². The molecular formula is C40H37N5O5S. The van der Waals surface area contributed by atoms with Gasteiger partial charge in [-0.2, -0.15) is 0 Å². The van der Waals surface area contributed by atoms with Crippen LogP contribution in [-0.2, 0) is 11.3 Å². The highest BCUT2D eigenvalue weighted by molar-refractivity contribution is 7.07. The molecule has 0 bridgehead atoms. The van der Waals surface area contributed by atoms with E-state index in [1.54, 1.807) is 28.7 Å². The first-order chi connectivity index (χ1) is 24.7. The van der Waals surface area contributed by atoms with Crippen molar-refractivity contribution >= 4 is 50.7 Å². The Balaban J connectivity index is 1.45. The molecule has 1 aliphatic rings. The number of rotatable bonds is 9. The predicted octanol–water partition coefficient (Wildman–Crippen LogP) is 6.49. The number of nitro groups is 1. The number of ether oxygens (including phenoxy) is 1. The maximum Gasteiger partial charge on any atom is 0.271 e. The predicted molar refractivity (Wildman–Crippen MR) is 201 cm³/mol. The van der Waals surface area contributed by atoms with Gasteiger partial charge in [0.2, 0.25) is 0 Å². The molecule has 0 aliphatic carbocycles. The van der Waals surface area contributed by atoms with Crippen LogP contribution in [0.4, 0.5) is 5.69 Å². The third-order valence-electron chi connectivity index (χ3n) is 9.77. The zero-order valence-corrected chi connectivity index (χ0v) is 29.9. The first-order valence-corrected chi connectivity index (χ1v) is 17.7. The molecule has 10 nitrogen and oxygen atoms in total. The monoisotopic (exact) mass is 699 g/mol. The van der Waals surface area contributed by atoms with Crippen molar-refractivity contribution in [1.29, 1.82) is 0 Å². The second kappa shape index (κ2) is 13.5. The number of hydrogen-bond acceptors (Lipinski definition) is 7. The van der Waals surface area contributed by atoms with Gasteiger partial charge in [-0.3, -0.25) is 24.3 Å². The Bertz CT molecular complexity index is 2570. The summed E-state index contributed by atoms with van der Waals surface area (Å²) in [5, 5.41) is 14.1. The number of para-hydroxylation sites is 1.